The monoisotopic (exact) mass is 505 g/mol. The number of carbonyl (C=O) groups excluding carboxylic acids is 2. The average Bonchev–Trinajstić information content (AvgIpc) is 3.37. The molecule has 3 fully saturated rings. The molecule has 2 saturated heterocycles. The molecule has 5 nitrogen and oxygen atoms in total. The van der Waals surface area contributed by atoms with Crippen molar-refractivity contribution in [3.8, 4) is 0 Å². The number of fused-ring (bicyclic) bond motifs is 2. The van der Waals surface area contributed by atoms with Gasteiger partial charge in [0.15, 0.2) is 5.78 Å². The molecule has 2 N–H and O–H groups in total. The van der Waals surface area contributed by atoms with Crippen LogP contribution in [0.3, 0.4) is 0 Å². The highest BCUT2D eigenvalue weighted by Gasteiger charge is 2.91. The number of benzene rings is 1. The maximum atomic E-state index is 14.6. The molecule has 1 saturated carbocycles. The van der Waals surface area contributed by atoms with Gasteiger partial charge in [0.05, 0.1) is 11.7 Å². The van der Waals surface area contributed by atoms with Gasteiger partial charge >= 0.3 is 0 Å². The van der Waals surface area contributed by atoms with Gasteiger partial charge in [-0.25, -0.2) is 0 Å². The van der Waals surface area contributed by atoms with Crippen LogP contribution in [0.1, 0.15) is 72.8 Å². The molecule has 2 aliphatic heterocycles. The molecule has 1 aromatic rings. The molecule has 1 amide bonds. The third kappa shape index (κ3) is 3.29. The van der Waals surface area contributed by atoms with Crippen molar-refractivity contribution in [1.29, 1.82) is 0 Å². The van der Waals surface area contributed by atoms with Crippen LogP contribution in [0.4, 0.5) is 0 Å². The Hall–Kier alpha value is -2.24. The van der Waals surface area contributed by atoms with Gasteiger partial charge in [-0.05, 0) is 56.6 Å². The number of hydrogen-bond acceptors (Lipinski definition) is 4. The van der Waals surface area contributed by atoms with Gasteiger partial charge in [-0.15, -0.1) is 0 Å². The number of aliphatic hydroxyl groups is 1. The van der Waals surface area contributed by atoms with Crippen LogP contribution in [-0.4, -0.2) is 40.1 Å². The molecule has 2 aliphatic carbocycles. The summed E-state index contributed by atoms with van der Waals surface area (Å²) in [6, 6.07) is 9.93. The van der Waals surface area contributed by atoms with E-state index in [2.05, 4.69) is 71.1 Å². The van der Waals surface area contributed by atoms with Crippen molar-refractivity contribution in [3.05, 3.63) is 60.2 Å². The van der Waals surface area contributed by atoms with Crippen molar-refractivity contribution in [2.45, 2.75) is 97.0 Å². The quantitative estimate of drug-likeness (QED) is 0.330. The lowest BCUT2D eigenvalue weighted by Gasteiger charge is -2.60. The third-order valence-electron chi connectivity index (χ3n) is 11.3. The van der Waals surface area contributed by atoms with E-state index in [9.17, 15) is 14.7 Å². The summed E-state index contributed by atoms with van der Waals surface area (Å²) >= 11 is 0. The van der Waals surface area contributed by atoms with Crippen LogP contribution in [0, 0.1) is 28.1 Å². The number of ether oxygens (including phenoxy) is 1. The smallest absolute Gasteiger partial charge is 0.235 e. The molecule has 0 aromatic heterocycles. The number of amides is 1. The summed E-state index contributed by atoms with van der Waals surface area (Å²) in [6.45, 7) is 12.8. The molecule has 0 bridgehead atoms. The van der Waals surface area contributed by atoms with E-state index in [1.165, 1.54) is 6.08 Å². The van der Waals surface area contributed by atoms with Crippen molar-refractivity contribution >= 4 is 11.7 Å². The Morgan fingerprint density at radius 2 is 1.76 bits per heavy atom. The number of hydrogen-bond donors (Lipinski definition) is 2. The van der Waals surface area contributed by atoms with E-state index in [1.807, 2.05) is 18.2 Å². The Kier molecular flexibility index (Phi) is 6.16. The topological polar surface area (TPSA) is 78.9 Å². The summed E-state index contributed by atoms with van der Waals surface area (Å²) in [6.07, 6.45) is 10.7. The molecule has 200 valence electrons. The zero-order valence-corrected chi connectivity index (χ0v) is 23.2. The van der Waals surface area contributed by atoms with Gasteiger partial charge in [0.1, 0.15) is 11.0 Å². The van der Waals surface area contributed by atoms with Crippen molar-refractivity contribution in [2.24, 2.45) is 28.1 Å². The standard InChI is InChI=1S/C32H43NO4/c1-21-12-10-16-24(34)17-18-26(35)32-27(36)33-25(20-23-14-8-7-9-15-23)29(32,4)22(2)30(5)31(6,37-30)28(32,3)19-11-13-21/h7-9,11,14-15,17-19,21-22,24-25,34H,10,12-13,16,20H2,1-6H3,(H,33,36)/b18-17+,19-11?/t21-,22+,24+,25+,28+,29+,30-,31+,32+/m1/s1. The largest absolute Gasteiger partial charge is 0.389 e. The lowest BCUT2D eigenvalue weighted by Crippen LogP contribution is -2.70. The van der Waals surface area contributed by atoms with Gasteiger partial charge in [0, 0.05) is 16.9 Å². The first-order chi connectivity index (χ1) is 17.4. The Balaban J connectivity index is 1.74. The molecule has 0 unspecified atom stereocenters. The number of epoxide rings is 1. The highest BCUT2D eigenvalue weighted by molar-refractivity contribution is 6.15. The fourth-order valence-corrected chi connectivity index (χ4v) is 8.58. The lowest BCUT2D eigenvalue weighted by molar-refractivity contribution is -0.167. The molecule has 2 heterocycles. The maximum Gasteiger partial charge on any atom is 0.235 e. The third-order valence-corrected chi connectivity index (χ3v) is 11.3. The minimum absolute atomic E-state index is 0.0731. The molecule has 5 rings (SSSR count). The zero-order valence-electron chi connectivity index (χ0n) is 23.2. The first-order valence-corrected chi connectivity index (χ1v) is 14.0. The molecule has 5 heteroatoms. The number of allylic oxidation sites excluding steroid dienone is 2. The first-order valence-electron chi connectivity index (χ1n) is 14.0. The summed E-state index contributed by atoms with van der Waals surface area (Å²) < 4.78 is 6.67. The molecule has 4 aliphatic rings. The minimum Gasteiger partial charge on any atom is -0.389 e. The minimum atomic E-state index is -1.38. The van der Waals surface area contributed by atoms with E-state index in [-0.39, 0.29) is 23.7 Å². The lowest BCUT2D eigenvalue weighted by atomic mass is 9.36. The highest BCUT2D eigenvalue weighted by Crippen LogP contribution is 2.80. The normalized spacial score (nSPS) is 48.4. The summed E-state index contributed by atoms with van der Waals surface area (Å²) in [5.41, 5.74) is -3.03. The fraction of sp³-hybridized carbons (Fsp3) is 0.625. The Morgan fingerprint density at radius 1 is 1.05 bits per heavy atom. The number of rotatable bonds is 2. The van der Waals surface area contributed by atoms with Crippen molar-refractivity contribution in [1.82, 2.24) is 5.32 Å². The van der Waals surface area contributed by atoms with E-state index < -0.39 is 33.6 Å². The SMILES string of the molecule is C[C@H]1CC=C[C@@]2(C)[C@]3(C)O[C@]3(C)[C@@H](C)[C@@]3(C)[C@H](Cc4ccccc4)NC(=O)[C@]32C(=O)/C=C/[C@@H](O)CCC1. The second-order valence-electron chi connectivity index (χ2n) is 12.9. The Bertz CT molecular complexity index is 1140. The van der Waals surface area contributed by atoms with Gasteiger partial charge < -0.3 is 15.2 Å². The van der Waals surface area contributed by atoms with Gasteiger partial charge in [0.25, 0.3) is 0 Å². The van der Waals surface area contributed by atoms with Gasteiger partial charge in [-0.1, -0.05) is 89.1 Å². The van der Waals surface area contributed by atoms with Crippen LogP contribution in [0.5, 0.6) is 0 Å². The van der Waals surface area contributed by atoms with E-state index in [1.54, 1.807) is 6.08 Å². The van der Waals surface area contributed by atoms with Gasteiger partial charge in [-0.2, -0.15) is 0 Å². The van der Waals surface area contributed by atoms with Crippen molar-refractivity contribution in [2.75, 3.05) is 0 Å². The molecular weight excluding hydrogens is 462 g/mol. The molecular formula is C32H43NO4. The van der Waals surface area contributed by atoms with Crippen molar-refractivity contribution in [3.63, 3.8) is 0 Å². The summed E-state index contributed by atoms with van der Waals surface area (Å²) in [4.78, 5) is 29.0. The fourth-order valence-electron chi connectivity index (χ4n) is 8.58. The Morgan fingerprint density at radius 3 is 2.46 bits per heavy atom. The number of aliphatic hydroxyl groups excluding tert-OH is 1. The summed E-state index contributed by atoms with van der Waals surface area (Å²) in [7, 11) is 0. The van der Waals surface area contributed by atoms with Crippen LogP contribution < -0.4 is 5.32 Å². The van der Waals surface area contributed by atoms with Crippen LogP contribution in [0.25, 0.3) is 0 Å². The second-order valence-corrected chi connectivity index (χ2v) is 12.9. The molecule has 9 atom stereocenters. The van der Waals surface area contributed by atoms with Crippen LogP contribution >= 0.6 is 0 Å². The van der Waals surface area contributed by atoms with E-state index >= 15 is 0 Å². The number of carbonyl (C=O) groups is 2. The predicted molar refractivity (Wildman–Crippen MR) is 145 cm³/mol. The second kappa shape index (κ2) is 8.64. The maximum absolute atomic E-state index is 14.6. The van der Waals surface area contributed by atoms with Crippen LogP contribution in [0.2, 0.25) is 0 Å². The predicted octanol–water partition coefficient (Wildman–Crippen LogP) is 5.18. The summed E-state index contributed by atoms with van der Waals surface area (Å²) in [5.74, 6) is -0.0798. The first kappa shape index (κ1) is 26.4. The van der Waals surface area contributed by atoms with Crippen LogP contribution in [-0.2, 0) is 20.7 Å². The van der Waals surface area contributed by atoms with Gasteiger partial charge in [0.2, 0.25) is 5.91 Å². The number of ketones is 1. The molecule has 37 heavy (non-hydrogen) atoms. The molecule has 1 aromatic carbocycles. The zero-order chi connectivity index (χ0) is 26.9. The van der Waals surface area contributed by atoms with E-state index in [0.717, 1.165) is 24.8 Å². The molecule has 0 radical (unpaired) electrons. The van der Waals surface area contributed by atoms with Gasteiger partial charge in [-0.3, -0.25) is 9.59 Å². The average molecular weight is 506 g/mol. The number of nitrogens with one attached hydrogen (secondary N) is 1. The van der Waals surface area contributed by atoms with E-state index in [0.29, 0.717) is 18.8 Å². The highest BCUT2D eigenvalue weighted by atomic mass is 16.6. The Labute approximate surface area is 221 Å². The van der Waals surface area contributed by atoms with Crippen LogP contribution in [0.15, 0.2) is 54.6 Å². The summed E-state index contributed by atoms with van der Waals surface area (Å²) in [5, 5.41) is 14.0. The van der Waals surface area contributed by atoms with Crippen molar-refractivity contribution < 1.29 is 19.4 Å². The van der Waals surface area contributed by atoms with E-state index in [4.69, 9.17) is 4.74 Å². The molecule has 1 spiro atoms.